The average molecular weight is 262 g/mol. The lowest BCUT2D eigenvalue weighted by atomic mass is 10.2. The van der Waals surface area contributed by atoms with Crippen molar-refractivity contribution < 1.29 is 9.21 Å². The summed E-state index contributed by atoms with van der Waals surface area (Å²) in [5, 5.41) is 0. The molecule has 7 nitrogen and oxygen atoms in total. The van der Waals surface area contributed by atoms with E-state index in [-0.39, 0.29) is 11.3 Å². The summed E-state index contributed by atoms with van der Waals surface area (Å²) in [6.45, 7) is 3.76. The second kappa shape index (κ2) is 5.07. The number of carbonyl (C=O) groups excluding carboxylic acids is 1. The predicted octanol–water partition coefficient (Wildman–Crippen LogP) is 0.105. The van der Waals surface area contributed by atoms with Gasteiger partial charge in [0.05, 0.1) is 12.9 Å². The highest BCUT2D eigenvalue weighted by molar-refractivity contribution is 5.91. The van der Waals surface area contributed by atoms with Gasteiger partial charge in [-0.25, -0.2) is 10.8 Å². The first-order valence-corrected chi connectivity index (χ1v) is 5.64. The zero-order chi connectivity index (χ0) is 14.0. The van der Waals surface area contributed by atoms with Crippen LogP contribution in [-0.2, 0) is 6.54 Å². The van der Waals surface area contributed by atoms with Gasteiger partial charge in [-0.1, -0.05) is 0 Å². The Balaban J connectivity index is 2.31. The van der Waals surface area contributed by atoms with E-state index in [1.165, 1.54) is 17.0 Å². The van der Waals surface area contributed by atoms with Gasteiger partial charge < -0.3 is 4.42 Å². The molecule has 2 heterocycles. The van der Waals surface area contributed by atoms with Gasteiger partial charge in [0.15, 0.2) is 5.76 Å². The minimum absolute atomic E-state index is 0.114. The number of nitrogens with two attached hydrogens (primary N) is 1. The smallest absolute Gasteiger partial charge is 0.300 e. The van der Waals surface area contributed by atoms with Gasteiger partial charge in [-0.2, -0.15) is 0 Å². The maximum absolute atomic E-state index is 11.7. The number of nitrogens with one attached hydrogen (secondary N) is 1. The van der Waals surface area contributed by atoms with Crippen LogP contribution < -0.4 is 16.8 Å². The summed E-state index contributed by atoms with van der Waals surface area (Å²) in [5.74, 6) is 5.20. The lowest BCUT2D eigenvalue weighted by Gasteiger charge is -2.03. The number of aryl methyl sites for hydroxylation is 2. The van der Waals surface area contributed by atoms with E-state index in [2.05, 4.69) is 4.98 Å². The molecule has 3 N–H and O–H groups in total. The van der Waals surface area contributed by atoms with Gasteiger partial charge in [-0.15, -0.1) is 0 Å². The highest BCUT2D eigenvalue weighted by atomic mass is 16.4. The van der Waals surface area contributed by atoms with E-state index in [0.29, 0.717) is 18.0 Å². The van der Waals surface area contributed by atoms with Crippen molar-refractivity contribution in [1.82, 2.24) is 15.0 Å². The number of hydrogen-bond acceptors (Lipinski definition) is 5. The van der Waals surface area contributed by atoms with Crippen molar-refractivity contribution >= 4 is 5.91 Å². The highest BCUT2D eigenvalue weighted by Crippen LogP contribution is 2.15. The van der Waals surface area contributed by atoms with E-state index in [1.54, 1.807) is 19.9 Å². The van der Waals surface area contributed by atoms with Crippen LogP contribution in [-0.4, -0.2) is 15.5 Å². The summed E-state index contributed by atoms with van der Waals surface area (Å²) in [6, 6.07) is 3.01. The number of furan rings is 1. The van der Waals surface area contributed by atoms with Crippen molar-refractivity contribution in [2.24, 2.45) is 5.84 Å². The summed E-state index contributed by atoms with van der Waals surface area (Å²) in [4.78, 5) is 27.1. The Morgan fingerprint density at radius 1 is 1.47 bits per heavy atom. The molecule has 0 radical (unpaired) electrons. The Bertz CT molecular complexity index is 672. The summed E-state index contributed by atoms with van der Waals surface area (Å²) < 4.78 is 6.71. The summed E-state index contributed by atoms with van der Waals surface area (Å²) in [5.41, 5.74) is 3.22. The fraction of sp³-hybridized carbons (Fsp3) is 0.250. The van der Waals surface area contributed by atoms with E-state index in [1.807, 2.05) is 5.43 Å². The summed E-state index contributed by atoms with van der Waals surface area (Å²) >= 11 is 0. The molecular weight excluding hydrogens is 248 g/mol. The van der Waals surface area contributed by atoms with Crippen molar-refractivity contribution in [3.8, 4) is 0 Å². The van der Waals surface area contributed by atoms with Crippen molar-refractivity contribution in [2.45, 2.75) is 20.4 Å². The van der Waals surface area contributed by atoms with Gasteiger partial charge in [0.1, 0.15) is 5.76 Å². The molecule has 0 saturated heterocycles. The predicted molar refractivity (Wildman–Crippen MR) is 67.4 cm³/mol. The van der Waals surface area contributed by atoms with Gasteiger partial charge in [0, 0.05) is 17.3 Å². The number of carbonyl (C=O) groups is 1. The van der Waals surface area contributed by atoms with Crippen LogP contribution in [0.3, 0.4) is 0 Å². The molecule has 0 atom stereocenters. The number of nitrogen functional groups attached to an aromatic ring is 1. The number of aromatic nitrogens is 2. The molecule has 0 aliphatic carbocycles. The van der Waals surface area contributed by atoms with E-state index >= 15 is 0 Å². The third-order valence-electron chi connectivity index (χ3n) is 2.73. The minimum Gasteiger partial charge on any atom is -0.456 e. The van der Waals surface area contributed by atoms with Crippen LogP contribution >= 0.6 is 0 Å². The number of hydrazine groups is 1. The fourth-order valence-electron chi connectivity index (χ4n) is 1.68. The zero-order valence-corrected chi connectivity index (χ0v) is 10.6. The second-order valence-electron chi connectivity index (χ2n) is 4.16. The molecule has 2 aromatic heterocycles. The maximum atomic E-state index is 11.7. The summed E-state index contributed by atoms with van der Waals surface area (Å²) in [7, 11) is 0. The molecule has 0 aromatic carbocycles. The molecule has 0 bridgehead atoms. The third-order valence-corrected chi connectivity index (χ3v) is 2.73. The topological polar surface area (TPSA) is 103 Å². The molecule has 1 amide bonds. The van der Waals surface area contributed by atoms with Crippen LogP contribution in [0, 0.1) is 13.8 Å². The Kier molecular flexibility index (Phi) is 3.48. The molecule has 0 spiro atoms. The fourth-order valence-corrected chi connectivity index (χ4v) is 1.68. The normalized spacial score (nSPS) is 10.5. The van der Waals surface area contributed by atoms with E-state index in [9.17, 15) is 9.59 Å². The Morgan fingerprint density at radius 2 is 2.21 bits per heavy atom. The van der Waals surface area contributed by atoms with Gasteiger partial charge in [0.2, 0.25) is 0 Å². The van der Waals surface area contributed by atoms with Gasteiger partial charge in [-0.3, -0.25) is 19.6 Å². The van der Waals surface area contributed by atoms with Crippen molar-refractivity contribution in [2.75, 3.05) is 0 Å². The molecule has 19 heavy (non-hydrogen) atoms. The van der Waals surface area contributed by atoms with Crippen molar-refractivity contribution in [3.05, 3.63) is 51.6 Å². The highest BCUT2D eigenvalue weighted by Gasteiger charge is 2.14. The van der Waals surface area contributed by atoms with Crippen LogP contribution in [0.1, 0.15) is 27.6 Å². The number of rotatable bonds is 3. The molecular formula is C12H14N4O3. The molecule has 7 heteroatoms. The molecule has 0 aliphatic heterocycles. The molecule has 100 valence electrons. The van der Waals surface area contributed by atoms with E-state index in [4.69, 9.17) is 10.3 Å². The molecule has 0 saturated carbocycles. The van der Waals surface area contributed by atoms with E-state index < -0.39 is 5.91 Å². The number of hydrogen-bond donors (Lipinski definition) is 2. The first-order valence-electron chi connectivity index (χ1n) is 5.64. The van der Waals surface area contributed by atoms with Crippen LogP contribution in [0.25, 0.3) is 0 Å². The Morgan fingerprint density at radius 3 is 2.84 bits per heavy atom. The maximum Gasteiger partial charge on any atom is 0.300 e. The van der Waals surface area contributed by atoms with Crippen LogP contribution in [0.4, 0.5) is 0 Å². The monoisotopic (exact) mass is 262 g/mol. The first kappa shape index (κ1) is 13.0. The molecule has 2 aromatic rings. The molecule has 0 aliphatic rings. The lowest BCUT2D eigenvalue weighted by molar-refractivity contribution is 0.0924. The SMILES string of the molecule is Cc1cc(=O)n(Cc2cc(C(=O)NN)oc2C)cn1. The lowest BCUT2D eigenvalue weighted by Crippen LogP contribution is -2.29. The quantitative estimate of drug-likeness (QED) is 0.464. The molecule has 0 unspecified atom stereocenters. The molecule has 0 fully saturated rings. The van der Waals surface area contributed by atoms with Gasteiger partial charge >= 0.3 is 5.91 Å². The first-order chi connectivity index (χ1) is 9.01. The second-order valence-corrected chi connectivity index (χ2v) is 4.16. The van der Waals surface area contributed by atoms with Crippen molar-refractivity contribution in [3.63, 3.8) is 0 Å². The zero-order valence-electron chi connectivity index (χ0n) is 10.6. The van der Waals surface area contributed by atoms with Gasteiger partial charge in [0.25, 0.3) is 5.56 Å². The largest absolute Gasteiger partial charge is 0.456 e. The van der Waals surface area contributed by atoms with Crippen LogP contribution in [0.2, 0.25) is 0 Å². The average Bonchev–Trinajstić information content (AvgIpc) is 2.73. The molecule has 2 rings (SSSR count). The van der Waals surface area contributed by atoms with E-state index in [0.717, 1.165) is 5.56 Å². The van der Waals surface area contributed by atoms with Crippen LogP contribution in [0.15, 0.2) is 27.7 Å². The van der Waals surface area contributed by atoms with Crippen molar-refractivity contribution in [1.29, 1.82) is 0 Å². The number of nitrogens with zero attached hydrogens (tertiary/aromatic N) is 2. The van der Waals surface area contributed by atoms with Crippen LogP contribution in [0.5, 0.6) is 0 Å². The minimum atomic E-state index is -0.510. The third kappa shape index (κ3) is 2.71. The van der Waals surface area contributed by atoms with Gasteiger partial charge in [-0.05, 0) is 19.9 Å². The Labute approximate surface area is 109 Å². The summed E-state index contributed by atoms with van der Waals surface area (Å²) in [6.07, 6.45) is 1.47. The Hall–Kier alpha value is -2.41. The number of amides is 1. The standard InChI is InChI=1S/C12H14N4O3/c1-7-3-11(17)16(6-14-7)5-9-4-10(12(18)15-13)19-8(9)2/h3-4,6H,5,13H2,1-2H3,(H,15,18).